The molecule has 2 heterocycles. The number of alkyl halides is 3. The predicted octanol–water partition coefficient (Wildman–Crippen LogP) is 3.90. The Morgan fingerprint density at radius 3 is 2.76 bits per heavy atom. The Balaban J connectivity index is 1.93. The second kappa shape index (κ2) is 6.46. The van der Waals surface area contributed by atoms with E-state index in [0.29, 0.717) is 11.3 Å². The number of pyridine rings is 1. The van der Waals surface area contributed by atoms with E-state index >= 15 is 0 Å². The van der Waals surface area contributed by atoms with Crippen LogP contribution in [0.2, 0.25) is 0 Å². The Bertz CT molecular complexity index is 886. The summed E-state index contributed by atoms with van der Waals surface area (Å²) in [5.74, 6) is -0.888. The fourth-order valence-corrected chi connectivity index (χ4v) is 2.42. The predicted molar refractivity (Wildman–Crippen MR) is 86.5 cm³/mol. The van der Waals surface area contributed by atoms with Crippen LogP contribution in [0.4, 0.5) is 18.9 Å². The van der Waals surface area contributed by atoms with E-state index in [1.807, 2.05) is 28.8 Å². The zero-order valence-corrected chi connectivity index (χ0v) is 13.2. The molecule has 5 nitrogen and oxygen atoms in total. The first-order chi connectivity index (χ1) is 11.9. The standard InChI is InChI=1S/C17H14F3N3O2/c1-25-14-6-5-11(8-12(14)22-16(24)9-17(18,19)20)13-10-23-7-3-2-4-15(23)21-13/h2-8,10H,9H2,1H3,(H,22,24). The van der Waals surface area contributed by atoms with Crippen molar-refractivity contribution in [2.45, 2.75) is 12.6 Å². The van der Waals surface area contributed by atoms with Crippen molar-refractivity contribution in [1.82, 2.24) is 9.38 Å². The molecule has 25 heavy (non-hydrogen) atoms. The van der Waals surface area contributed by atoms with Crippen LogP contribution in [0.3, 0.4) is 0 Å². The molecule has 130 valence electrons. The number of aromatic nitrogens is 2. The van der Waals surface area contributed by atoms with Crippen molar-refractivity contribution in [3.05, 3.63) is 48.8 Å². The number of rotatable bonds is 4. The van der Waals surface area contributed by atoms with E-state index < -0.39 is 18.5 Å². The Morgan fingerprint density at radius 1 is 1.28 bits per heavy atom. The lowest BCUT2D eigenvalue weighted by Gasteiger charge is -2.12. The maximum absolute atomic E-state index is 12.3. The van der Waals surface area contributed by atoms with Crippen molar-refractivity contribution in [3.63, 3.8) is 0 Å². The number of hydrogen-bond acceptors (Lipinski definition) is 3. The number of nitrogens with zero attached hydrogens (tertiary/aromatic N) is 2. The van der Waals surface area contributed by atoms with Gasteiger partial charge in [-0.1, -0.05) is 6.07 Å². The Hall–Kier alpha value is -3.03. The number of carbonyl (C=O) groups is 1. The van der Waals surface area contributed by atoms with Crippen LogP contribution < -0.4 is 10.1 Å². The van der Waals surface area contributed by atoms with E-state index in [-0.39, 0.29) is 11.4 Å². The minimum atomic E-state index is -4.57. The van der Waals surface area contributed by atoms with Crippen LogP contribution in [0.25, 0.3) is 16.9 Å². The molecular formula is C17H14F3N3O2. The summed E-state index contributed by atoms with van der Waals surface area (Å²) in [6.07, 6.45) is -2.51. The van der Waals surface area contributed by atoms with Crippen molar-refractivity contribution in [1.29, 1.82) is 0 Å². The fraction of sp³-hybridized carbons (Fsp3) is 0.176. The van der Waals surface area contributed by atoms with Gasteiger partial charge in [-0.15, -0.1) is 0 Å². The van der Waals surface area contributed by atoms with Crippen LogP contribution in [0, 0.1) is 0 Å². The third-order valence-electron chi connectivity index (χ3n) is 3.49. The number of amides is 1. The summed E-state index contributed by atoms with van der Waals surface area (Å²) >= 11 is 0. The molecule has 0 unspecified atom stereocenters. The molecule has 3 aromatic rings. The molecule has 0 radical (unpaired) electrons. The molecule has 2 aromatic heterocycles. The largest absolute Gasteiger partial charge is 0.495 e. The van der Waals surface area contributed by atoms with Gasteiger partial charge in [0.15, 0.2) is 0 Å². The summed E-state index contributed by atoms with van der Waals surface area (Å²) in [5, 5.41) is 2.24. The molecule has 0 saturated carbocycles. The van der Waals surface area contributed by atoms with Gasteiger partial charge in [0.05, 0.1) is 18.5 Å². The summed E-state index contributed by atoms with van der Waals surface area (Å²) in [6, 6.07) is 10.4. The molecule has 1 amide bonds. The van der Waals surface area contributed by atoms with E-state index in [9.17, 15) is 18.0 Å². The molecule has 0 aliphatic carbocycles. The molecule has 0 bridgehead atoms. The number of benzene rings is 1. The zero-order valence-electron chi connectivity index (χ0n) is 13.2. The average Bonchev–Trinajstić information content (AvgIpc) is 2.97. The van der Waals surface area contributed by atoms with Crippen LogP contribution in [-0.2, 0) is 4.79 Å². The summed E-state index contributed by atoms with van der Waals surface area (Å²) in [7, 11) is 1.37. The number of fused-ring (bicyclic) bond motifs is 1. The molecule has 1 aromatic carbocycles. The average molecular weight is 349 g/mol. The minimum absolute atomic E-state index is 0.159. The van der Waals surface area contributed by atoms with Gasteiger partial charge in [0.1, 0.15) is 17.8 Å². The van der Waals surface area contributed by atoms with Gasteiger partial charge in [-0.3, -0.25) is 4.79 Å². The highest BCUT2D eigenvalue weighted by Gasteiger charge is 2.31. The molecule has 0 aliphatic rings. The number of methoxy groups -OCH3 is 1. The summed E-state index contributed by atoms with van der Waals surface area (Å²) in [6.45, 7) is 0. The van der Waals surface area contributed by atoms with Crippen LogP contribution in [-0.4, -0.2) is 28.6 Å². The van der Waals surface area contributed by atoms with Crippen molar-refractivity contribution >= 4 is 17.2 Å². The van der Waals surface area contributed by atoms with Crippen molar-refractivity contribution in [3.8, 4) is 17.0 Å². The van der Waals surface area contributed by atoms with Gasteiger partial charge in [-0.2, -0.15) is 13.2 Å². The number of anilines is 1. The summed E-state index contributed by atoms with van der Waals surface area (Å²) in [4.78, 5) is 16.0. The second-order valence-corrected chi connectivity index (χ2v) is 5.35. The van der Waals surface area contributed by atoms with Crippen LogP contribution in [0.15, 0.2) is 48.8 Å². The first-order valence-electron chi connectivity index (χ1n) is 7.34. The maximum Gasteiger partial charge on any atom is 0.397 e. The highest BCUT2D eigenvalue weighted by atomic mass is 19.4. The van der Waals surface area contributed by atoms with E-state index in [1.165, 1.54) is 13.2 Å². The van der Waals surface area contributed by atoms with E-state index in [2.05, 4.69) is 10.3 Å². The molecule has 3 rings (SSSR count). The van der Waals surface area contributed by atoms with E-state index in [4.69, 9.17) is 4.74 Å². The molecular weight excluding hydrogens is 335 g/mol. The van der Waals surface area contributed by atoms with E-state index in [1.54, 1.807) is 18.3 Å². The van der Waals surface area contributed by atoms with Crippen molar-refractivity contribution < 1.29 is 22.7 Å². The monoisotopic (exact) mass is 349 g/mol. The van der Waals surface area contributed by atoms with Gasteiger partial charge < -0.3 is 14.5 Å². The summed E-state index contributed by atoms with van der Waals surface area (Å²) in [5.41, 5.74) is 2.16. The molecule has 0 atom stereocenters. The lowest BCUT2D eigenvalue weighted by molar-refractivity contribution is -0.150. The van der Waals surface area contributed by atoms with Crippen LogP contribution >= 0.6 is 0 Å². The van der Waals surface area contributed by atoms with E-state index in [0.717, 1.165) is 5.65 Å². The Kier molecular flexibility index (Phi) is 4.35. The zero-order chi connectivity index (χ0) is 18.0. The van der Waals surface area contributed by atoms with Gasteiger partial charge in [0.25, 0.3) is 0 Å². The van der Waals surface area contributed by atoms with Gasteiger partial charge in [-0.25, -0.2) is 4.98 Å². The molecule has 0 aliphatic heterocycles. The van der Waals surface area contributed by atoms with Crippen molar-refractivity contribution in [2.75, 3.05) is 12.4 Å². The summed E-state index contributed by atoms with van der Waals surface area (Å²) < 4.78 is 44.0. The van der Waals surface area contributed by atoms with Gasteiger partial charge >= 0.3 is 6.18 Å². The Labute approximate surface area is 141 Å². The third-order valence-corrected chi connectivity index (χ3v) is 3.49. The molecule has 0 fully saturated rings. The molecule has 0 spiro atoms. The number of imidazole rings is 1. The minimum Gasteiger partial charge on any atom is -0.495 e. The number of carbonyl (C=O) groups excluding carboxylic acids is 1. The smallest absolute Gasteiger partial charge is 0.397 e. The Morgan fingerprint density at radius 2 is 2.08 bits per heavy atom. The van der Waals surface area contributed by atoms with Gasteiger partial charge in [-0.05, 0) is 30.3 Å². The lowest BCUT2D eigenvalue weighted by Crippen LogP contribution is -2.21. The molecule has 8 heteroatoms. The topological polar surface area (TPSA) is 55.6 Å². The highest BCUT2D eigenvalue weighted by Crippen LogP contribution is 2.31. The normalized spacial score (nSPS) is 11.5. The fourth-order valence-electron chi connectivity index (χ4n) is 2.42. The molecule has 1 N–H and O–H groups in total. The van der Waals surface area contributed by atoms with Crippen LogP contribution in [0.5, 0.6) is 5.75 Å². The SMILES string of the molecule is COc1ccc(-c2cn3ccccc3n2)cc1NC(=O)CC(F)(F)F. The first kappa shape index (κ1) is 16.8. The molecule has 0 saturated heterocycles. The maximum atomic E-state index is 12.3. The van der Waals surface area contributed by atoms with Crippen LogP contribution in [0.1, 0.15) is 6.42 Å². The lowest BCUT2D eigenvalue weighted by atomic mass is 10.1. The number of halogens is 3. The first-order valence-corrected chi connectivity index (χ1v) is 7.34. The number of hydrogen-bond donors (Lipinski definition) is 1. The highest BCUT2D eigenvalue weighted by molar-refractivity contribution is 5.93. The van der Waals surface area contributed by atoms with Gasteiger partial charge in [0, 0.05) is 18.0 Å². The number of ether oxygens (including phenoxy) is 1. The van der Waals surface area contributed by atoms with Crippen molar-refractivity contribution in [2.24, 2.45) is 0 Å². The van der Waals surface area contributed by atoms with Gasteiger partial charge in [0.2, 0.25) is 5.91 Å². The third kappa shape index (κ3) is 3.90. The number of nitrogens with one attached hydrogen (secondary N) is 1. The second-order valence-electron chi connectivity index (χ2n) is 5.35. The quantitative estimate of drug-likeness (QED) is 0.777.